The molecule has 6 heteroatoms. The zero-order valence-corrected chi connectivity index (χ0v) is 9.77. The monoisotopic (exact) mass is 265 g/mol. The summed E-state index contributed by atoms with van der Waals surface area (Å²) in [5.74, 6) is -0.422. The number of carbonyl (C=O) groups excluding carboxylic acids is 1. The van der Waals surface area contributed by atoms with E-state index in [1.54, 1.807) is 6.92 Å². The maximum atomic E-state index is 12.3. The molecule has 0 aliphatic rings. The summed E-state index contributed by atoms with van der Waals surface area (Å²) in [5, 5.41) is 1.52. The van der Waals surface area contributed by atoms with E-state index in [9.17, 15) is 18.0 Å². The van der Waals surface area contributed by atoms with Gasteiger partial charge in [-0.1, -0.05) is 12.1 Å². The smallest absolute Gasteiger partial charge is 0.355 e. The Hall–Kier alpha value is -1.23. The molecule has 0 radical (unpaired) electrons. The van der Waals surface area contributed by atoms with Gasteiger partial charge in [-0.05, 0) is 24.6 Å². The summed E-state index contributed by atoms with van der Waals surface area (Å²) >= 11 is 5.81. The molecule has 1 aromatic carbocycles. The first-order chi connectivity index (χ1) is 7.86. The second-order valence-electron chi connectivity index (χ2n) is 3.38. The van der Waals surface area contributed by atoms with Crippen LogP contribution in [-0.2, 0) is 11.0 Å². The Labute approximate surface area is 102 Å². The van der Waals surface area contributed by atoms with Crippen molar-refractivity contribution < 1.29 is 18.0 Å². The van der Waals surface area contributed by atoms with E-state index in [2.05, 4.69) is 5.32 Å². The maximum absolute atomic E-state index is 12.3. The van der Waals surface area contributed by atoms with Crippen LogP contribution in [0.1, 0.15) is 23.4 Å². The molecule has 1 aromatic rings. The average molecular weight is 266 g/mol. The molecule has 0 aromatic heterocycles. The predicted molar refractivity (Wildman–Crippen MR) is 58.7 cm³/mol. The van der Waals surface area contributed by atoms with Crippen LogP contribution in [0.5, 0.6) is 0 Å². The molecule has 0 saturated heterocycles. The van der Waals surface area contributed by atoms with Crippen molar-refractivity contribution in [2.24, 2.45) is 0 Å². The first-order valence-electron chi connectivity index (χ1n) is 4.95. The van der Waals surface area contributed by atoms with Crippen LogP contribution in [0.25, 0.3) is 0 Å². The van der Waals surface area contributed by atoms with Crippen molar-refractivity contribution in [2.45, 2.75) is 18.5 Å². The molecule has 2 nitrogen and oxygen atoms in total. The molecule has 94 valence electrons. The van der Waals surface area contributed by atoms with Gasteiger partial charge in [0.25, 0.3) is 0 Å². The Bertz CT molecular complexity index is 389. The number of likely N-dealkylation sites (N-methyl/N-ethyl adjacent to an activating group) is 1. The Kier molecular flexibility index (Phi) is 4.40. The number of halogens is 4. The molecule has 1 unspecified atom stereocenters. The topological polar surface area (TPSA) is 29.1 Å². The van der Waals surface area contributed by atoms with E-state index in [1.807, 2.05) is 0 Å². The van der Waals surface area contributed by atoms with E-state index in [4.69, 9.17) is 11.6 Å². The van der Waals surface area contributed by atoms with Crippen LogP contribution in [0.15, 0.2) is 24.3 Å². The largest absolute Gasteiger partial charge is 0.416 e. The number of carbonyl (C=O) groups is 1. The fourth-order valence-corrected chi connectivity index (χ4v) is 1.48. The Morgan fingerprint density at radius 3 is 2.29 bits per heavy atom. The number of rotatable bonds is 3. The van der Waals surface area contributed by atoms with E-state index < -0.39 is 23.0 Å². The Morgan fingerprint density at radius 2 is 1.88 bits per heavy atom. The normalized spacial score (nSPS) is 13.2. The van der Waals surface area contributed by atoms with Gasteiger partial charge in [0.1, 0.15) is 5.38 Å². The van der Waals surface area contributed by atoms with Crippen LogP contribution in [0.3, 0.4) is 0 Å². The number of amides is 1. The van der Waals surface area contributed by atoms with Crippen molar-refractivity contribution in [3.05, 3.63) is 35.4 Å². The van der Waals surface area contributed by atoms with Gasteiger partial charge in [-0.2, -0.15) is 13.2 Å². The molecule has 0 fully saturated rings. The highest BCUT2D eigenvalue weighted by Gasteiger charge is 2.30. The Balaban J connectivity index is 2.84. The molecular weight excluding hydrogens is 255 g/mol. The van der Waals surface area contributed by atoms with Crippen LogP contribution in [0, 0.1) is 0 Å². The molecule has 1 amide bonds. The third-order valence-corrected chi connectivity index (χ3v) is 2.56. The van der Waals surface area contributed by atoms with Gasteiger partial charge in [-0.3, -0.25) is 4.79 Å². The molecule has 0 aliphatic heterocycles. The summed E-state index contributed by atoms with van der Waals surface area (Å²) in [6, 6.07) is 4.22. The molecular formula is C11H11ClF3NO. The first-order valence-corrected chi connectivity index (χ1v) is 5.39. The number of hydrogen-bond acceptors (Lipinski definition) is 1. The highest BCUT2D eigenvalue weighted by Crippen LogP contribution is 2.30. The number of hydrogen-bond donors (Lipinski definition) is 1. The molecule has 1 rings (SSSR count). The minimum Gasteiger partial charge on any atom is -0.355 e. The molecule has 1 atom stereocenters. The summed E-state index contributed by atoms with van der Waals surface area (Å²) in [5.41, 5.74) is -0.424. The van der Waals surface area contributed by atoms with Gasteiger partial charge in [0.2, 0.25) is 5.91 Å². The first kappa shape index (κ1) is 13.8. The summed E-state index contributed by atoms with van der Waals surface area (Å²) < 4.78 is 36.9. The lowest BCUT2D eigenvalue weighted by Gasteiger charge is -2.11. The van der Waals surface area contributed by atoms with E-state index in [1.165, 1.54) is 12.1 Å². The van der Waals surface area contributed by atoms with E-state index in [0.717, 1.165) is 12.1 Å². The van der Waals surface area contributed by atoms with Crippen molar-refractivity contribution in [1.29, 1.82) is 0 Å². The molecule has 0 aliphatic carbocycles. The van der Waals surface area contributed by atoms with Crippen molar-refractivity contribution in [3.63, 3.8) is 0 Å². The molecule has 0 bridgehead atoms. The maximum Gasteiger partial charge on any atom is 0.416 e. The summed E-state index contributed by atoms with van der Waals surface area (Å²) in [7, 11) is 0. The van der Waals surface area contributed by atoms with Crippen molar-refractivity contribution in [2.75, 3.05) is 6.54 Å². The van der Waals surface area contributed by atoms with Gasteiger partial charge in [-0.25, -0.2) is 0 Å². The third-order valence-electron chi connectivity index (χ3n) is 2.11. The minimum absolute atomic E-state index is 0.339. The standard InChI is InChI=1S/C11H11ClF3NO/c1-2-16-10(17)9(12)7-3-5-8(6-4-7)11(13,14)15/h3-6,9H,2H2,1H3,(H,16,17). The van der Waals surface area contributed by atoms with Crippen LogP contribution in [0.2, 0.25) is 0 Å². The van der Waals surface area contributed by atoms with Gasteiger partial charge >= 0.3 is 6.18 Å². The van der Waals surface area contributed by atoms with Gasteiger partial charge < -0.3 is 5.32 Å². The highest BCUT2D eigenvalue weighted by atomic mass is 35.5. The van der Waals surface area contributed by atoms with Crippen molar-refractivity contribution >= 4 is 17.5 Å². The molecule has 0 heterocycles. The fraction of sp³-hybridized carbons (Fsp3) is 0.364. The second-order valence-corrected chi connectivity index (χ2v) is 3.81. The number of alkyl halides is 4. The predicted octanol–water partition coefficient (Wildman–Crippen LogP) is 3.12. The molecule has 1 N–H and O–H groups in total. The lowest BCUT2D eigenvalue weighted by atomic mass is 10.1. The quantitative estimate of drug-likeness (QED) is 0.836. The SMILES string of the molecule is CCNC(=O)C(Cl)c1ccc(C(F)(F)F)cc1. The van der Waals surface area contributed by atoms with Gasteiger partial charge in [0.15, 0.2) is 0 Å². The molecule has 17 heavy (non-hydrogen) atoms. The van der Waals surface area contributed by atoms with E-state index in [-0.39, 0.29) is 0 Å². The zero-order valence-electron chi connectivity index (χ0n) is 9.01. The Morgan fingerprint density at radius 1 is 1.35 bits per heavy atom. The summed E-state index contributed by atoms with van der Waals surface area (Å²) in [6.45, 7) is 2.15. The lowest BCUT2D eigenvalue weighted by molar-refractivity contribution is -0.137. The zero-order chi connectivity index (χ0) is 13.1. The fourth-order valence-electron chi connectivity index (χ4n) is 1.26. The van der Waals surface area contributed by atoms with Crippen LogP contribution in [0.4, 0.5) is 13.2 Å². The average Bonchev–Trinajstić information content (AvgIpc) is 2.27. The third kappa shape index (κ3) is 3.63. The van der Waals surface area contributed by atoms with Gasteiger partial charge in [0, 0.05) is 6.54 Å². The van der Waals surface area contributed by atoms with Crippen molar-refractivity contribution in [1.82, 2.24) is 5.32 Å². The number of benzene rings is 1. The minimum atomic E-state index is -4.38. The summed E-state index contributed by atoms with van der Waals surface area (Å²) in [4.78, 5) is 11.4. The number of nitrogens with one attached hydrogen (secondary N) is 1. The molecule has 0 saturated carbocycles. The van der Waals surface area contributed by atoms with Crippen LogP contribution < -0.4 is 5.32 Å². The van der Waals surface area contributed by atoms with Gasteiger partial charge in [-0.15, -0.1) is 11.6 Å². The highest BCUT2D eigenvalue weighted by molar-refractivity contribution is 6.30. The van der Waals surface area contributed by atoms with E-state index >= 15 is 0 Å². The van der Waals surface area contributed by atoms with E-state index in [0.29, 0.717) is 12.1 Å². The van der Waals surface area contributed by atoms with Crippen molar-refractivity contribution in [3.8, 4) is 0 Å². The molecule has 0 spiro atoms. The van der Waals surface area contributed by atoms with Crippen LogP contribution in [-0.4, -0.2) is 12.5 Å². The van der Waals surface area contributed by atoms with Gasteiger partial charge in [0.05, 0.1) is 5.56 Å². The second kappa shape index (κ2) is 5.40. The summed E-state index contributed by atoms with van der Waals surface area (Å²) in [6.07, 6.45) is -4.38. The lowest BCUT2D eigenvalue weighted by Crippen LogP contribution is -2.26. The van der Waals surface area contributed by atoms with Crippen LogP contribution >= 0.6 is 11.6 Å².